The minimum Gasteiger partial charge on any atom is -0.377 e. The zero-order valence-corrected chi connectivity index (χ0v) is 25.7. The first kappa shape index (κ1) is 27.4. The molecule has 2 aliphatic heterocycles. The van der Waals surface area contributed by atoms with Crippen molar-refractivity contribution in [3.05, 3.63) is 113 Å². The van der Waals surface area contributed by atoms with Crippen molar-refractivity contribution in [2.24, 2.45) is 29.6 Å². The van der Waals surface area contributed by atoms with Gasteiger partial charge in [-0.3, -0.25) is 4.90 Å². The van der Waals surface area contributed by atoms with E-state index in [1.807, 2.05) is 24.3 Å². The fourth-order valence-electron chi connectivity index (χ4n) is 9.69. The van der Waals surface area contributed by atoms with Gasteiger partial charge in [-0.1, -0.05) is 80.2 Å². The second kappa shape index (κ2) is 10.8. The van der Waals surface area contributed by atoms with E-state index in [2.05, 4.69) is 96.9 Å². The summed E-state index contributed by atoms with van der Waals surface area (Å²) in [5.41, 5.74) is 8.61. The number of nitrogens with zero attached hydrogens (tertiary/aromatic N) is 3. The molecular formula is C40H40N4. The zero-order valence-electron chi connectivity index (χ0n) is 25.7. The lowest BCUT2D eigenvalue weighted by atomic mass is 9.71. The second-order valence-corrected chi connectivity index (χ2v) is 14.1. The highest BCUT2D eigenvalue weighted by Gasteiger charge is 2.53. The van der Waals surface area contributed by atoms with Gasteiger partial charge >= 0.3 is 0 Å². The van der Waals surface area contributed by atoms with Gasteiger partial charge in [0.1, 0.15) is 0 Å². The number of nitrogens with one attached hydrogen (secondary N) is 1. The van der Waals surface area contributed by atoms with Crippen molar-refractivity contribution in [1.29, 1.82) is 10.5 Å². The van der Waals surface area contributed by atoms with E-state index in [0.29, 0.717) is 35.5 Å². The fraction of sp³-hybridized carbons (Fsp3) is 0.400. The molecule has 0 spiro atoms. The number of rotatable bonds is 3. The Hall–Kier alpha value is -4.12. The van der Waals surface area contributed by atoms with Gasteiger partial charge in [0.15, 0.2) is 0 Å². The molecule has 0 aromatic heterocycles. The van der Waals surface area contributed by atoms with Gasteiger partial charge in [0.05, 0.1) is 29.3 Å². The van der Waals surface area contributed by atoms with E-state index in [9.17, 15) is 10.5 Å². The Morgan fingerprint density at radius 3 is 2.73 bits per heavy atom. The van der Waals surface area contributed by atoms with Crippen LogP contribution < -0.4 is 5.32 Å². The molecule has 2 aromatic carbocycles. The summed E-state index contributed by atoms with van der Waals surface area (Å²) in [6, 6.07) is 20.5. The Balaban J connectivity index is 1.21. The second-order valence-electron chi connectivity index (χ2n) is 14.1. The van der Waals surface area contributed by atoms with Gasteiger partial charge in [0, 0.05) is 35.3 Å². The van der Waals surface area contributed by atoms with E-state index < -0.39 is 0 Å². The first-order valence-electron chi connectivity index (χ1n) is 16.6. The molecule has 0 bridgehead atoms. The van der Waals surface area contributed by atoms with Gasteiger partial charge in [-0.25, -0.2) is 0 Å². The van der Waals surface area contributed by atoms with Crippen LogP contribution in [-0.4, -0.2) is 29.1 Å². The quantitative estimate of drug-likeness (QED) is 0.374. The van der Waals surface area contributed by atoms with Gasteiger partial charge in [0.2, 0.25) is 0 Å². The molecule has 220 valence electrons. The molecule has 44 heavy (non-hydrogen) atoms. The van der Waals surface area contributed by atoms with Crippen LogP contribution in [0.2, 0.25) is 0 Å². The van der Waals surface area contributed by atoms with Gasteiger partial charge in [0.25, 0.3) is 0 Å². The first-order chi connectivity index (χ1) is 21.5. The third-order valence-electron chi connectivity index (χ3n) is 11.6. The normalized spacial score (nSPS) is 35.1. The highest BCUT2D eigenvalue weighted by atomic mass is 15.3. The van der Waals surface area contributed by atoms with E-state index in [1.165, 1.54) is 36.0 Å². The molecule has 4 nitrogen and oxygen atoms in total. The van der Waals surface area contributed by atoms with Crippen LogP contribution >= 0.6 is 0 Å². The van der Waals surface area contributed by atoms with Crippen LogP contribution in [0.15, 0.2) is 90.6 Å². The smallest absolute Gasteiger partial charge is 0.0998 e. The number of fused-ring (bicyclic) bond motifs is 6. The summed E-state index contributed by atoms with van der Waals surface area (Å²) in [7, 11) is 0. The van der Waals surface area contributed by atoms with E-state index in [1.54, 1.807) is 0 Å². The van der Waals surface area contributed by atoms with Crippen LogP contribution in [0, 0.1) is 52.3 Å². The highest BCUT2D eigenvalue weighted by molar-refractivity contribution is 5.90. The van der Waals surface area contributed by atoms with Crippen molar-refractivity contribution in [3.63, 3.8) is 0 Å². The average molecular weight is 577 g/mol. The topological polar surface area (TPSA) is 62.9 Å². The van der Waals surface area contributed by atoms with E-state index in [-0.39, 0.29) is 12.0 Å². The first-order valence-corrected chi connectivity index (χ1v) is 16.6. The number of hydrogen-bond acceptors (Lipinski definition) is 4. The van der Waals surface area contributed by atoms with Gasteiger partial charge in [-0.15, -0.1) is 0 Å². The standard InChI is InChI=1S/C40H40N4/c1-24-13-16-38-36(17-24)34-12-5-7-25(2)40(34)44(38)30-20-28(31-9-4-3-8-27(31)23-42)19-29(21-30)32-10-6-11-33-35-18-26(22-41)14-15-37(35)43-39(32)33/h3-6,8-12,14-15,18-20,24-25,30,32,34,36,38-40,43H,7,13,16-17,21H2,1-2H3. The van der Waals surface area contributed by atoms with Crippen LogP contribution in [0.5, 0.6) is 0 Å². The molecule has 2 aromatic rings. The molecule has 0 amide bonds. The lowest BCUT2D eigenvalue weighted by Crippen LogP contribution is -2.49. The Bertz CT molecular complexity index is 1740. The molecule has 8 rings (SSSR count). The van der Waals surface area contributed by atoms with Gasteiger partial charge < -0.3 is 5.32 Å². The molecule has 1 saturated carbocycles. The van der Waals surface area contributed by atoms with Crippen LogP contribution in [0.1, 0.15) is 68.2 Å². The van der Waals surface area contributed by atoms with Crippen LogP contribution in [0.4, 0.5) is 5.69 Å². The molecule has 9 atom stereocenters. The summed E-state index contributed by atoms with van der Waals surface area (Å²) in [5, 5.41) is 23.5. The molecule has 1 N–H and O–H groups in total. The van der Waals surface area contributed by atoms with Gasteiger partial charge in [-0.2, -0.15) is 10.5 Å². The molecule has 4 aliphatic carbocycles. The van der Waals surface area contributed by atoms with Crippen molar-refractivity contribution in [2.75, 3.05) is 5.32 Å². The summed E-state index contributed by atoms with van der Waals surface area (Å²) in [6.07, 6.45) is 22.8. The van der Waals surface area contributed by atoms with Crippen LogP contribution in [0.3, 0.4) is 0 Å². The lowest BCUT2D eigenvalue weighted by Gasteiger charge is -2.44. The Morgan fingerprint density at radius 2 is 1.86 bits per heavy atom. The summed E-state index contributed by atoms with van der Waals surface area (Å²) < 4.78 is 0. The average Bonchev–Trinajstić information content (AvgIpc) is 3.60. The molecule has 6 aliphatic rings. The predicted molar refractivity (Wildman–Crippen MR) is 177 cm³/mol. The van der Waals surface area contributed by atoms with Crippen LogP contribution in [0.25, 0.3) is 11.1 Å². The van der Waals surface area contributed by atoms with Crippen molar-refractivity contribution < 1.29 is 0 Å². The monoisotopic (exact) mass is 576 g/mol. The zero-order chi connectivity index (χ0) is 29.9. The maximum Gasteiger partial charge on any atom is 0.0998 e. The highest BCUT2D eigenvalue weighted by Crippen LogP contribution is 2.53. The summed E-state index contributed by atoms with van der Waals surface area (Å²) in [6.45, 7) is 4.93. The number of hydrogen-bond donors (Lipinski definition) is 1. The van der Waals surface area contributed by atoms with Crippen molar-refractivity contribution in [2.45, 2.75) is 70.1 Å². The molecule has 2 heterocycles. The van der Waals surface area contributed by atoms with Crippen molar-refractivity contribution >= 4 is 16.8 Å². The fourth-order valence-corrected chi connectivity index (χ4v) is 9.69. The minimum atomic E-state index is 0.132. The Morgan fingerprint density at radius 1 is 0.977 bits per heavy atom. The maximum absolute atomic E-state index is 10.1. The van der Waals surface area contributed by atoms with E-state index in [0.717, 1.165) is 47.1 Å². The predicted octanol–water partition coefficient (Wildman–Crippen LogP) is 8.28. The number of benzene rings is 2. The number of nitriles is 2. The molecule has 0 radical (unpaired) electrons. The van der Waals surface area contributed by atoms with Crippen LogP contribution in [-0.2, 0) is 0 Å². The SMILES string of the molecule is CC1CCC2C(C1)C1C=CCC(C)C1N2C1C=C(c2ccccc2C#N)C=C(C2C=CC=C3c4cc(C#N)ccc4NC32)C1. The Labute approximate surface area is 261 Å². The molecule has 1 saturated heterocycles. The molecule has 9 unspecified atom stereocenters. The Kier molecular flexibility index (Phi) is 6.73. The van der Waals surface area contributed by atoms with E-state index in [4.69, 9.17) is 0 Å². The number of anilines is 1. The summed E-state index contributed by atoms with van der Waals surface area (Å²) >= 11 is 0. The number of likely N-dealkylation sites (tertiary alicyclic amines) is 1. The lowest BCUT2D eigenvalue weighted by molar-refractivity contribution is 0.0847. The minimum absolute atomic E-state index is 0.132. The molecule has 4 heteroatoms. The summed E-state index contributed by atoms with van der Waals surface area (Å²) in [4.78, 5) is 2.97. The van der Waals surface area contributed by atoms with E-state index >= 15 is 0 Å². The molecule has 2 fully saturated rings. The summed E-state index contributed by atoms with van der Waals surface area (Å²) in [5.74, 6) is 2.98. The number of allylic oxidation sites excluding steroid dienone is 5. The third kappa shape index (κ3) is 4.35. The third-order valence-corrected chi connectivity index (χ3v) is 11.6. The van der Waals surface area contributed by atoms with Crippen molar-refractivity contribution in [1.82, 2.24) is 4.90 Å². The molecular weight excluding hydrogens is 536 g/mol. The van der Waals surface area contributed by atoms with Gasteiger partial charge in [-0.05, 0) is 96.8 Å². The maximum atomic E-state index is 10.1. The van der Waals surface area contributed by atoms with Crippen molar-refractivity contribution in [3.8, 4) is 12.1 Å². The largest absolute Gasteiger partial charge is 0.377 e.